The Labute approximate surface area is 131 Å². The van der Waals surface area contributed by atoms with Crippen molar-refractivity contribution in [2.75, 3.05) is 4.72 Å². The molecular formula is C15H11BrN2O2S. The first-order chi connectivity index (χ1) is 10.1. The van der Waals surface area contributed by atoms with Crippen LogP contribution in [0.25, 0.3) is 10.8 Å². The van der Waals surface area contributed by atoms with Crippen LogP contribution < -0.4 is 4.72 Å². The summed E-state index contributed by atoms with van der Waals surface area (Å²) in [7, 11) is -3.65. The smallest absolute Gasteiger partial charge is 0.263 e. The normalized spacial score (nSPS) is 11.5. The zero-order valence-corrected chi connectivity index (χ0v) is 13.2. The van der Waals surface area contributed by atoms with Crippen molar-refractivity contribution in [2.24, 2.45) is 0 Å². The second-order valence-corrected chi connectivity index (χ2v) is 6.97. The number of halogens is 1. The minimum absolute atomic E-state index is 0.136. The first-order valence-electron chi connectivity index (χ1n) is 6.18. The van der Waals surface area contributed by atoms with Crippen molar-refractivity contribution in [2.45, 2.75) is 4.90 Å². The van der Waals surface area contributed by atoms with Crippen molar-refractivity contribution in [3.8, 4) is 0 Å². The second kappa shape index (κ2) is 5.46. The number of anilines is 1. The van der Waals surface area contributed by atoms with Gasteiger partial charge in [0.15, 0.2) is 0 Å². The lowest BCUT2D eigenvalue weighted by molar-refractivity contribution is 0.601. The van der Waals surface area contributed by atoms with E-state index in [0.717, 1.165) is 15.2 Å². The van der Waals surface area contributed by atoms with Gasteiger partial charge in [0.25, 0.3) is 10.0 Å². The van der Waals surface area contributed by atoms with Crippen LogP contribution in [0.15, 0.2) is 70.3 Å². The fraction of sp³-hybridized carbons (Fsp3) is 0. The Morgan fingerprint density at radius 2 is 1.71 bits per heavy atom. The van der Waals surface area contributed by atoms with Crippen molar-refractivity contribution in [3.05, 3.63) is 65.4 Å². The van der Waals surface area contributed by atoms with Gasteiger partial charge in [-0.3, -0.25) is 9.71 Å². The van der Waals surface area contributed by atoms with Crippen LogP contribution in [0.5, 0.6) is 0 Å². The fourth-order valence-corrected chi connectivity index (χ4v) is 3.58. The summed E-state index contributed by atoms with van der Waals surface area (Å²) in [5.74, 6) is 0. The second-order valence-electron chi connectivity index (χ2n) is 4.43. The van der Waals surface area contributed by atoms with E-state index in [2.05, 4.69) is 25.6 Å². The van der Waals surface area contributed by atoms with Gasteiger partial charge in [0.2, 0.25) is 0 Å². The standard InChI is InChI=1S/C15H11BrN2O2S/c16-14-7-8-15(13-6-2-1-5-12(13)14)18-21(19,20)11-4-3-9-17-10-11/h1-10,18H. The molecule has 0 aliphatic heterocycles. The van der Waals surface area contributed by atoms with Crippen LogP contribution in [0.4, 0.5) is 5.69 Å². The molecule has 0 saturated heterocycles. The van der Waals surface area contributed by atoms with E-state index >= 15 is 0 Å². The summed E-state index contributed by atoms with van der Waals surface area (Å²) in [6, 6.07) is 14.3. The maximum atomic E-state index is 12.4. The van der Waals surface area contributed by atoms with Gasteiger partial charge < -0.3 is 0 Å². The van der Waals surface area contributed by atoms with Crippen LogP contribution >= 0.6 is 15.9 Å². The average molecular weight is 363 g/mol. The number of hydrogen-bond donors (Lipinski definition) is 1. The molecule has 4 nitrogen and oxygen atoms in total. The number of sulfonamides is 1. The van der Waals surface area contributed by atoms with E-state index in [1.165, 1.54) is 18.5 Å². The number of rotatable bonds is 3. The van der Waals surface area contributed by atoms with Gasteiger partial charge in [0, 0.05) is 22.3 Å². The first kappa shape index (κ1) is 14.0. The SMILES string of the molecule is O=S(=O)(Nc1ccc(Br)c2ccccc12)c1cccnc1. The molecule has 0 unspecified atom stereocenters. The van der Waals surface area contributed by atoms with Gasteiger partial charge in [0.1, 0.15) is 4.90 Å². The minimum atomic E-state index is -3.65. The molecule has 2 aromatic carbocycles. The monoisotopic (exact) mass is 362 g/mol. The van der Waals surface area contributed by atoms with Gasteiger partial charge in [-0.25, -0.2) is 8.42 Å². The van der Waals surface area contributed by atoms with Crippen molar-refractivity contribution >= 4 is 42.4 Å². The Morgan fingerprint density at radius 1 is 0.952 bits per heavy atom. The molecule has 0 radical (unpaired) electrons. The zero-order chi connectivity index (χ0) is 14.9. The Bertz CT molecular complexity index is 896. The molecule has 0 aliphatic carbocycles. The van der Waals surface area contributed by atoms with Crippen molar-refractivity contribution < 1.29 is 8.42 Å². The zero-order valence-electron chi connectivity index (χ0n) is 10.8. The molecule has 1 heterocycles. The van der Waals surface area contributed by atoms with Crippen LogP contribution in [-0.2, 0) is 10.0 Å². The van der Waals surface area contributed by atoms with Crippen molar-refractivity contribution in [1.29, 1.82) is 0 Å². The largest absolute Gasteiger partial charge is 0.279 e. The summed E-state index contributed by atoms with van der Waals surface area (Å²) in [5.41, 5.74) is 0.539. The van der Waals surface area contributed by atoms with Crippen LogP contribution in [0.2, 0.25) is 0 Å². The topological polar surface area (TPSA) is 59.1 Å². The Morgan fingerprint density at radius 3 is 2.43 bits per heavy atom. The van der Waals surface area contributed by atoms with Gasteiger partial charge in [0.05, 0.1) is 5.69 Å². The number of pyridine rings is 1. The summed E-state index contributed by atoms with van der Waals surface area (Å²) >= 11 is 3.47. The summed E-state index contributed by atoms with van der Waals surface area (Å²) < 4.78 is 28.3. The molecule has 0 spiro atoms. The molecule has 21 heavy (non-hydrogen) atoms. The van der Waals surface area contributed by atoms with E-state index in [1.54, 1.807) is 12.1 Å². The third kappa shape index (κ3) is 2.77. The molecule has 106 valence electrons. The Kier molecular flexibility index (Phi) is 3.65. The highest BCUT2D eigenvalue weighted by atomic mass is 79.9. The van der Waals surface area contributed by atoms with E-state index in [4.69, 9.17) is 0 Å². The van der Waals surface area contributed by atoms with Gasteiger partial charge >= 0.3 is 0 Å². The molecular weight excluding hydrogens is 352 g/mol. The van der Waals surface area contributed by atoms with Gasteiger partial charge in [-0.05, 0) is 29.7 Å². The minimum Gasteiger partial charge on any atom is -0.279 e. The van der Waals surface area contributed by atoms with Gasteiger partial charge in [-0.2, -0.15) is 0 Å². The number of nitrogens with zero attached hydrogens (tertiary/aromatic N) is 1. The van der Waals surface area contributed by atoms with Crippen LogP contribution in [0, 0.1) is 0 Å². The molecule has 1 aromatic heterocycles. The highest BCUT2D eigenvalue weighted by Gasteiger charge is 2.15. The summed E-state index contributed by atoms with van der Waals surface area (Å²) in [5, 5.41) is 1.78. The predicted molar refractivity (Wildman–Crippen MR) is 86.7 cm³/mol. The third-order valence-electron chi connectivity index (χ3n) is 3.06. The van der Waals surface area contributed by atoms with Crippen molar-refractivity contribution in [1.82, 2.24) is 4.98 Å². The number of aromatic nitrogens is 1. The van der Waals surface area contributed by atoms with E-state index in [1.807, 2.05) is 30.3 Å². The van der Waals surface area contributed by atoms with Crippen LogP contribution in [0.3, 0.4) is 0 Å². The van der Waals surface area contributed by atoms with E-state index in [-0.39, 0.29) is 4.90 Å². The maximum Gasteiger partial charge on any atom is 0.263 e. The quantitative estimate of drug-likeness (QED) is 0.770. The Balaban J connectivity index is 2.09. The molecule has 0 saturated carbocycles. The molecule has 6 heteroatoms. The number of hydrogen-bond acceptors (Lipinski definition) is 3. The molecule has 0 bridgehead atoms. The fourth-order valence-electron chi connectivity index (χ4n) is 2.06. The summed E-state index contributed by atoms with van der Waals surface area (Å²) in [6.45, 7) is 0. The average Bonchev–Trinajstić information content (AvgIpc) is 2.51. The molecule has 3 rings (SSSR count). The number of fused-ring (bicyclic) bond motifs is 1. The lowest BCUT2D eigenvalue weighted by Gasteiger charge is -2.11. The highest BCUT2D eigenvalue weighted by Crippen LogP contribution is 2.31. The third-order valence-corrected chi connectivity index (χ3v) is 5.10. The first-order valence-corrected chi connectivity index (χ1v) is 8.46. The molecule has 0 aliphatic rings. The highest BCUT2D eigenvalue weighted by molar-refractivity contribution is 9.10. The van der Waals surface area contributed by atoms with E-state index in [0.29, 0.717) is 5.69 Å². The lowest BCUT2D eigenvalue weighted by atomic mass is 10.1. The number of benzene rings is 2. The maximum absolute atomic E-state index is 12.4. The molecule has 0 atom stereocenters. The van der Waals surface area contributed by atoms with Crippen molar-refractivity contribution in [3.63, 3.8) is 0 Å². The molecule has 0 fully saturated rings. The van der Waals surface area contributed by atoms with Crippen LogP contribution in [0.1, 0.15) is 0 Å². The van der Waals surface area contributed by atoms with Crippen LogP contribution in [-0.4, -0.2) is 13.4 Å². The summed E-state index contributed by atoms with van der Waals surface area (Å²) in [4.78, 5) is 3.98. The summed E-state index contributed by atoms with van der Waals surface area (Å²) in [6.07, 6.45) is 2.86. The van der Waals surface area contributed by atoms with E-state index in [9.17, 15) is 8.42 Å². The lowest BCUT2D eigenvalue weighted by Crippen LogP contribution is -2.13. The van der Waals surface area contributed by atoms with E-state index < -0.39 is 10.0 Å². The molecule has 3 aromatic rings. The Hall–Kier alpha value is -1.92. The van der Waals surface area contributed by atoms with Gasteiger partial charge in [-0.1, -0.05) is 40.2 Å². The predicted octanol–water partition coefficient (Wildman–Crippen LogP) is 3.80. The number of nitrogens with one attached hydrogen (secondary N) is 1. The molecule has 0 amide bonds. The van der Waals surface area contributed by atoms with Gasteiger partial charge in [-0.15, -0.1) is 0 Å². The molecule has 1 N–H and O–H groups in total.